The number of rotatable bonds is 7. The van der Waals surface area contributed by atoms with Gasteiger partial charge in [-0.25, -0.2) is 22.0 Å². The van der Waals surface area contributed by atoms with Crippen molar-refractivity contribution in [3.05, 3.63) is 56.9 Å². The first-order chi connectivity index (χ1) is 29.3. The van der Waals surface area contributed by atoms with E-state index in [4.69, 9.17) is 9.47 Å². The minimum Gasteiger partial charge on any atom is -0.382 e. The number of fused-ring (bicyclic) bond motifs is 1. The van der Waals surface area contributed by atoms with Crippen LogP contribution in [-0.2, 0) is 9.47 Å². The van der Waals surface area contributed by atoms with Gasteiger partial charge in [-0.1, -0.05) is 22.3 Å². The van der Waals surface area contributed by atoms with E-state index in [1.54, 1.807) is 24.7 Å². The molecule has 28 atom stereocenters. The van der Waals surface area contributed by atoms with Crippen molar-refractivity contribution in [2.24, 2.45) is 159 Å². The van der Waals surface area contributed by atoms with E-state index in [1.165, 1.54) is 32.1 Å². The molecule has 1 aromatic carbocycles. The molecule has 14 fully saturated rings. The summed E-state index contributed by atoms with van der Waals surface area (Å²) in [7, 11) is 1.65. The molecule has 17 aliphatic rings. The third-order valence-corrected chi connectivity index (χ3v) is 25.4. The van der Waals surface area contributed by atoms with Gasteiger partial charge in [0, 0.05) is 49.1 Å². The second kappa shape index (κ2) is 10.2. The standard InChI is InChI=1S/C52H56F5NO2/c1-59-4-5-60-3-2-58-14-23-22-12-20-10-17-8-18-7-15-6-16-9-19-11-21-13-52(23,51(58)44-46(53)48(55)50(57)49(56)47(44)54)45-30(21)35-29(19)34-25(16)24(15)32-28(18)33-26(17)27(20)36-31(22)43(45)42-40(35)38(34)37(32)39(33)41(36)42/h15-19,21,23-26,28-30,32-43,45,51H,2-14H2,1H3. The van der Waals surface area contributed by atoms with Gasteiger partial charge in [0.05, 0.1) is 19.8 Å². The average molecular weight is 822 g/mol. The third-order valence-electron chi connectivity index (χ3n) is 25.4. The van der Waals surface area contributed by atoms with E-state index in [0.717, 1.165) is 119 Å². The zero-order chi connectivity index (χ0) is 39.0. The second-order valence-corrected chi connectivity index (χ2v) is 25.2. The summed E-state index contributed by atoms with van der Waals surface area (Å²) in [4.78, 5) is 2.22. The molecule has 0 radical (unpaired) electrons. The lowest BCUT2D eigenvalue weighted by Crippen LogP contribution is -2.59. The quantitative estimate of drug-likeness (QED) is 0.0901. The number of methoxy groups -OCH3 is 1. The fraction of sp³-hybridized carbons (Fsp3) is 0.808. The molecule has 13 saturated carbocycles. The molecular weight excluding hydrogens is 766 g/mol. The third kappa shape index (κ3) is 3.07. The van der Waals surface area contributed by atoms with Crippen LogP contribution in [0.5, 0.6) is 0 Å². The molecule has 28 unspecified atom stereocenters. The Morgan fingerprint density at radius 1 is 0.567 bits per heavy atom. The molecule has 0 aromatic heterocycles. The topological polar surface area (TPSA) is 21.7 Å². The van der Waals surface area contributed by atoms with E-state index in [2.05, 4.69) is 4.90 Å². The molecule has 1 aromatic rings. The first-order valence-corrected chi connectivity index (χ1v) is 25.1. The summed E-state index contributed by atoms with van der Waals surface area (Å²) < 4.78 is 91.8. The van der Waals surface area contributed by atoms with Crippen molar-refractivity contribution in [3.8, 4) is 0 Å². The number of hydrogen-bond donors (Lipinski definition) is 0. The Hall–Kier alpha value is -1.77. The van der Waals surface area contributed by atoms with E-state index >= 15 is 22.0 Å². The predicted octanol–water partition coefficient (Wildman–Crippen LogP) is 9.34. The number of allylic oxidation sites excluding steroid dienone is 3. The number of ether oxygens (including phenoxy) is 2. The fourth-order valence-corrected chi connectivity index (χ4v) is 26.4. The molecule has 0 N–H and O–H groups in total. The Balaban J connectivity index is 0.918. The van der Waals surface area contributed by atoms with Gasteiger partial charge in [0.15, 0.2) is 23.3 Å². The minimum absolute atomic E-state index is 0.0864. The van der Waals surface area contributed by atoms with E-state index in [0.29, 0.717) is 68.4 Å². The van der Waals surface area contributed by atoms with Crippen molar-refractivity contribution >= 4 is 0 Å². The fourth-order valence-electron chi connectivity index (χ4n) is 26.4. The molecule has 1 saturated heterocycles. The lowest BCUT2D eigenvalue weighted by Gasteiger charge is -2.62. The van der Waals surface area contributed by atoms with Crippen molar-refractivity contribution in [3.63, 3.8) is 0 Å². The van der Waals surface area contributed by atoms with Gasteiger partial charge in [0.2, 0.25) is 5.82 Å². The summed E-state index contributed by atoms with van der Waals surface area (Å²) >= 11 is 0. The van der Waals surface area contributed by atoms with Gasteiger partial charge >= 0.3 is 0 Å². The summed E-state index contributed by atoms with van der Waals surface area (Å²) in [6, 6.07) is -0.855. The van der Waals surface area contributed by atoms with Crippen LogP contribution in [-0.4, -0.2) is 44.9 Å². The molecule has 1 spiro atoms. The second-order valence-electron chi connectivity index (χ2n) is 25.2. The molecule has 0 amide bonds. The van der Waals surface area contributed by atoms with Gasteiger partial charge in [-0.15, -0.1) is 0 Å². The van der Waals surface area contributed by atoms with Gasteiger partial charge < -0.3 is 9.47 Å². The molecule has 60 heavy (non-hydrogen) atoms. The number of nitrogens with zero attached hydrogens (tertiary/aromatic N) is 1. The molecule has 18 rings (SSSR count). The Morgan fingerprint density at radius 3 is 1.85 bits per heavy atom. The lowest BCUT2D eigenvalue weighted by molar-refractivity contribution is -0.149. The molecule has 316 valence electrons. The number of halogens is 5. The van der Waals surface area contributed by atoms with Gasteiger partial charge in [0.1, 0.15) is 0 Å². The van der Waals surface area contributed by atoms with Crippen LogP contribution in [0.15, 0.2) is 22.3 Å². The van der Waals surface area contributed by atoms with E-state index in [9.17, 15) is 0 Å². The maximum Gasteiger partial charge on any atom is 0.200 e. The molecule has 3 nitrogen and oxygen atoms in total. The normalized spacial score (nSPS) is 62.0. The Morgan fingerprint density at radius 2 is 1.13 bits per heavy atom. The summed E-state index contributed by atoms with van der Waals surface area (Å²) in [5.74, 6) is 10.9. The van der Waals surface area contributed by atoms with Crippen LogP contribution in [0.3, 0.4) is 0 Å². The first-order valence-electron chi connectivity index (χ1n) is 25.1. The summed E-state index contributed by atoms with van der Waals surface area (Å²) in [6.07, 6.45) is 10.4. The molecule has 1 aliphatic heterocycles. The smallest absolute Gasteiger partial charge is 0.200 e. The van der Waals surface area contributed by atoms with Gasteiger partial charge in [-0.2, -0.15) is 0 Å². The van der Waals surface area contributed by atoms with Crippen LogP contribution in [0.4, 0.5) is 22.0 Å². The van der Waals surface area contributed by atoms with Crippen LogP contribution in [0.1, 0.15) is 63.0 Å². The van der Waals surface area contributed by atoms with E-state index < -0.39 is 46.1 Å². The number of likely N-dealkylation sites (tertiary alicyclic amines) is 1. The van der Waals surface area contributed by atoms with Crippen LogP contribution in [0, 0.1) is 188 Å². The molecule has 1 heterocycles. The number of hydrogen-bond acceptors (Lipinski definition) is 3. The average Bonchev–Trinajstić information content (AvgIpc) is 4.10. The van der Waals surface area contributed by atoms with E-state index in [1.807, 2.05) is 11.1 Å². The highest BCUT2D eigenvalue weighted by Gasteiger charge is 2.88. The Bertz CT molecular complexity index is 2330. The summed E-state index contributed by atoms with van der Waals surface area (Å²) in [6.45, 7) is 2.24. The Labute approximate surface area is 349 Å². The van der Waals surface area contributed by atoms with Crippen molar-refractivity contribution < 1.29 is 31.4 Å². The van der Waals surface area contributed by atoms with Crippen molar-refractivity contribution in [2.45, 2.75) is 57.4 Å². The largest absolute Gasteiger partial charge is 0.382 e. The Kier molecular flexibility index (Phi) is 5.73. The highest BCUT2D eigenvalue weighted by molar-refractivity contribution is 5.56. The zero-order valence-electron chi connectivity index (χ0n) is 34.4. The maximum absolute atomic E-state index is 16.9. The lowest BCUT2D eigenvalue weighted by atomic mass is 9.41. The summed E-state index contributed by atoms with van der Waals surface area (Å²) in [5, 5.41) is 0. The predicted molar refractivity (Wildman–Crippen MR) is 207 cm³/mol. The zero-order valence-corrected chi connectivity index (χ0v) is 34.4. The van der Waals surface area contributed by atoms with E-state index in [-0.39, 0.29) is 11.8 Å². The molecule has 8 heteroatoms. The minimum atomic E-state index is -2.03. The van der Waals surface area contributed by atoms with Crippen LogP contribution in [0.25, 0.3) is 0 Å². The van der Waals surface area contributed by atoms with Crippen LogP contribution in [0.2, 0.25) is 0 Å². The summed E-state index contributed by atoms with van der Waals surface area (Å²) in [5.41, 5.74) is 6.16. The SMILES string of the molecule is COCCOCCN1CC2C3=C4C5C6=C(C3)CC3CC7CC8CC9CC%10CC%11CC2(C2C4C4C5C5C(C63)C7C3C8C9C6C%10C(C4C6C35)C%112)C1c1c(F)c(F)c(F)c(F)c1F. The number of benzene rings is 1. The first kappa shape index (κ1) is 33.7. The molecule has 16 aliphatic carbocycles. The maximum atomic E-state index is 16.9. The highest BCUT2D eigenvalue weighted by Crippen LogP contribution is 2.93. The monoisotopic (exact) mass is 821 g/mol. The molecular formula is C52H56F5NO2. The highest BCUT2D eigenvalue weighted by atomic mass is 19.2. The molecule has 0 bridgehead atoms. The van der Waals surface area contributed by atoms with Gasteiger partial charge in [-0.05, 0) is 193 Å². The van der Waals surface area contributed by atoms with Crippen molar-refractivity contribution in [1.29, 1.82) is 0 Å². The van der Waals surface area contributed by atoms with Gasteiger partial charge in [0.25, 0.3) is 0 Å². The van der Waals surface area contributed by atoms with Crippen LogP contribution < -0.4 is 0 Å². The van der Waals surface area contributed by atoms with Crippen molar-refractivity contribution in [1.82, 2.24) is 4.90 Å². The van der Waals surface area contributed by atoms with Crippen molar-refractivity contribution in [2.75, 3.05) is 40.0 Å². The van der Waals surface area contributed by atoms with Gasteiger partial charge in [-0.3, -0.25) is 4.90 Å². The van der Waals surface area contributed by atoms with Crippen LogP contribution >= 0.6 is 0 Å².